The molecule has 0 aromatic heterocycles. The first-order valence-electron chi connectivity index (χ1n) is 9.72. The normalized spacial score (nSPS) is 15.3. The lowest BCUT2D eigenvalue weighted by molar-refractivity contribution is -0.384. The SMILES string of the molecule is COc1ccc(NC(=O)C(C)N2CCN(C(=O)c3cccc(Cl)c3)CC2)c([N+](=O)[O-])c1. The first kappa shape index (κ1) is 22.5. The molecule has 0 bridgehead atoms. The van der Waals surface area contributed by atoms with Crippen molar-refractivity contribution >= 4 is 34.8 Å². The van der Waals surface area contributed by atoms with Gasteiger partial charge in [-0.25, -0.2) is 0 Å². The molecule has 164 valence electrons. The monoisotopic (exact) mass is 446 g/mol. The summed E-state index contributed by atoms with van der Waals surface area (Å²) in [6.45, 7) is 3.67. The predicted octanol–water partition coefficient (Wildman–Crippen LogP) is 3.04. The van der Waals surface area contributed by atoms with Gasteiger partial charge in [-0.2, -0.15) is 0 Å². The zero-order valence-corrected chi connectivity index (χ0v) is 18.0. The second-order valence-corrected chi connectivity index (χ2v) is 7.58. The van der Waals surface area contributed by atoms with Gasteiger partial charge in [-0.05, 0) is 37.3 Å². The van der Waals surface area contributed by atoms with E-state index in [0.717, 1.165) is 0 Å². The Balaban J connectivity index is 1.60. The zero-order chi connectivity index (χ0) is 22.5. The van der Waals surface area contributed by atoms with Gasteiger partial charge in [0.15, 0.2) is 0 Å². The summed E-state index contributed by atoms with van der Waals surface area (Å²) in [6, 6.07) is 10.5. The fourth-order valence-corrected chi connectivity index (χ4v) is 3.60. The van der Waals surface area contributed by atoms with E-state index in [9.17, 15) is 19.7 Å². The first-order valence-corrected chi connectivity index (χ1v) is 10.1. The lowest BCUT2D eigenvalue weighted by atomic mass is 10.1. The molecule has 1 saturated heterocycles. The van der Waals surface area contributed by atoms with Crippen molar-refractivity contribution in [3.63, 3.8) is 0 Å². The highest BCUT2D eigenvalue weighted by Crippen LogP contribution is 2.29. The number of hydrogen-bond acceptors (Lipinski definition) is 6. The molecule has 2 aromatic rings. The Bertz CT molecular complexity index is 991. The van der Waals surface area contributed by atoms with Gasteiger partial charge in [0.05, 0.1) is 24.1 Å². The maximum Gasteiger partial charge on any atom is 0.296 e. The summed E-state index contributed by atoms with van der Waals surface area (Å²) in [6.07, 6.45) is 0. The van der Waals surface area contributed by atoms with Crippen molar-refractivity contribution in [2.45, 2.75) is 13.0 Å². The third-order valence-corrected chi connectivity index (χ3v) is 5.49. The molecular weight excluding hydrogens is 424 g/mol. The summed E-state index contributed by atoms with van der Waals surface area (Å²) >= 11 is 5.97. The first-order chi connectivity index (χ1) is 14.8. The van der Waals surface area contributed by atoms with Gasteiger partial charge in [0.2, 0.25) is 5.91 Å². The van der Waals surface area contributed by atoms with Crippen LogP contribution in [0.3, 0.4) is 0 Å². The molecule has 1 atom stereocenters. The van der Waals surface area contributed by atoms with E-state index in [2.05, 4.69) is 5.32 Å². The van der Waals surface area contributed by atoms with E-state index in [1.54, 1.807) is 42.2 Å². The molecule has 31 heavy (non-hydrogen) atoms. The molecule has 10 heteroatoms. The Kier molecular flexibility index (Phi) is 7.09. The van der Waals surface area contributed by atoms with E-state index in [1.807, 2.05) is 4.90 Å². The summed E-state index contributed by atoms with van der Waals surface area (Å²) in [5, 5.41) is 14.5. The number of halogens is 1. The molecular formula is C21H23ClN4O5. The number of carbonyl (C=O) groups excluding carboxylic acids is 2. The van der Waals surface area contributed by atoms with E-state index in [-0.39, 0.29) is 23.2 Å². The predicted molar refractivity (Wildman–Crippen MR) is 117 cm³/mol. The molecule has 1 aliphatic rings. The molecule has 0 radical (unpaired) electrons. The maximum atomic E-state index is 12.7. The highest BCUT2D eigenvalue weighted by molar-refractivity contribution is 6.30. The molecule has 1 N–H and O–H groups in total. The Hall–Kier alpha value is -3.17. The fraction of sp³-hybridized carbons (Fsp3) is 0.333. The van der Waals surface area contributed by atoms with Gasteiger partial charge in [-0.1, -0.05) is 17.7 Å². The van der Waals surface area contributed by atoms with Crippen molar-refractivity contribution in [1.29, 1.82) is 0 Å². The number of amides is 2. The summed E-state index contributed by atoms with van der Waals surface area (Å²) in [5.74, 6) is -0.130. The lowest BCUT2D eigenvalue weighted by Crippen LogP contribution is -2.54. The number of anilines is 1. The van der Waals surface area contributed by atoms with E-state index in [4.69, 9.17) is 16.3 Å². The fourth-order valence-electron chi connectivity index (χ4n) is 3.41. The zero-order valence-electron chi connectivity index (χ0n) is 17.2. The minimum absolute atomic E-state index is 0.104. The molecule has 0 aliphatic carbocycles. The van der Waals surface area contributed by atoms with Crippen LogP contribution in [0.15, 0.2) is 42.5 Å². The molecule has 1 aliphatic heterocycles. The van der Waals surface area contributed by atoms with Crippen LogP contribution in [0.25, 0.3) is 0 Å². The number of ether oxygens (including phenoxy) is 1. The van der Waals surface area contributed by atoms with Crippen molar-refractivity contribution in [1.82, 2.24) is 9.80 Å². The minimum atomic E-state index is -0.566. The van der Waals surface area contributed by atoms with Crippen LogP contribution in [0.4, 0.5) is 11.4 Å². The smallest absolute Gasteiger partial charge is 0.296 e. The molecule has 9 nitrogen and oxygen atoms in total. The van der Waals surface area contributed by atoms with Gasteiger partial charge in [-0.3, -0.25) is 24.6 Å². The second kappa shape index (κ2) is 9.76. The lowest BCUT2D eigenvalue weighted by Gasteiger charge is -2.37. The Labute approximate surface area is 184 Å². The highest BCUT2D eigenvalue weighted by Gasteiger charge is 2.29. The number of nitro groups is 1. The molecule has 3 rings (SSSR count). The third-order valence-electron chi connectivity index (χ3n) is 5.26. The Morgan fingerprint density at radius 3 is 2.48 bits per heavy atom. The van der Waals surface area contributed by atoms with Gasteiger partial charge in [0, 0.05) is 36.8 Å². The number of methoxy groups -OCH3 is 1. The Morgan fingerprint density at radius 2 is 1.87 bits per heavy atom. The number of hydrogen-bond donors (Lipinski definition) is 1. The Morgan fingerprint density at radius 1 is 1.16 bits per heavy atom. The van der Waals surface area contributed by atoms with E-state index >= 15 is 0 Å². The van der Waals surface area contributed by atoms with Crippen LogP contribution in [0, 0.1) is 10.1 Å². The molecule has 2 aromatic carbocycles. The maximum absolute atomic E-state index is 12.7. The number of piperazine rings is 1. The summed E-state index contributed by atoms with van der Waals surface area (Å²) < 4.78 is 5.01. The molecule has 2 amide bonds. The number of nitrogens with one attached hydrogen (secondary N) is 1. The van der Waals surface area contributed by atoms with Gasteiger partial charge in [0.1, 0.15) is 11.4 Å². The number of benzene rings is 2. The van der Waals surface area contributed by atoms with Gasteiger partial charge in [-0.15, -0.1) is 0 Å². The van der Waals surface area contributed by atoms with Gasteiger partial charge in [0.25, 0.3) is 11.6 Å². The van der Waals surface area contributed by atoms with Crippen molar-refractivity contribution in [3.8, 4) is 5.75 Å². The summed E-state index contributed by atoms with van der Waals surface area (Å²) in [5.41, 5.74) is 0.396. The van der Waals surface area contributed by atoms with Gasteiger partial charge >= 0.3 is 0 Å². The standard InChI is InChI=1S/C21H23ClN4O5/c1-14(20(27)23-18-7-6-17(31-2)13-19(18)26(29)30)24-8-10-25(11-9-24)21(28)15-4-3-5-16(22)12-15/h3-7,12-14H,8-11H2,1-2H3,(H,23,27). The van der Waals surface area contributed by atoms with E-state index in [0.29, 0.717) is 42.5 Å². The van der Waals surface area contributed by atoms with Crippen LogP contribution in [0.2, 0.25) is 5.02 Å². The highest BCUT2D eigenvalue weighted by atomic mass is 35.5. The average molecular weight is 447 g/mol. The van der Waals surface area contributed by atoms with E-state index in [1.165, 1.54) is 19.2 Å². The van der Waals surface area contributed by atoms with Crippen molar-refractivity contribution < 1.29 is 19.2 Å². The largest absolute Gasteiger partial charge is 0.496 e. The van der Waals surface area contributed by atoms with E-state index < -0.39 is 11.0 Å². The quantitative estimate of drug-likeness (QED) is 0.540. The number of rotatable bonds is 6. The van der Waals surface area contributed by atoms with Crippen LogP contribution in [0.1, 0.15) is 17.3 Å². The van der Waals surface area contributed by atoms with Crippen molar-refractivity contribution in [3.05, 3.63) is 63.2 Å². The summed E-state index contributed by atoms with van der Waals surface area (Å²) in [7, 11) is 1.41. The second-order valence-electron chi connectivity index (χ2n) is 7.14. The molecule has 1 heterocycles. The molecule has 0 saturated carbocycles. The number of nitrogens with zero attached hydrogens (tertiary/aromatic N) is 3. The van der Waals surface area contributed by atoms with Crippen LogP contribution in [-0.2, 0) is 4.79 Å². The van der Waals surface area contributed by atoms with Crippen molar-refractivity contribution in [2.75, 3.05) is 38.6 Å². The van der Waals surface area contributed by atoms with Crippen LogP contribution >= 0.6 is 11.6 Å². The number of nitro benzene ring substituents is 1. The van der Waals surface area contributed by atoms with Crippen LogP contribution < -0.4 is 10.1 Å². The van der Waals surface area contributed by atoms with Gasteiger partial charge < -0.3 is 15.0 Å². The van der Waals surface area contributed by atoms with Crippen LogP contribution in [-0.4, -0.2) is 65.9 Å². The minimum Gasteiger partial charge on any atom is -0.496 e. The average Bonchev–Trinajstić information content (AvgIpc) is 2.78. The topological polar surface area (TPSA) is 105 Å². The number of carbonyl (C=O) groups is 2. The third kappa shape index (κ3) is 5.31. The molecule has 0 spiro atoms. The van der Waals surface area contributed by atoms with Crippen LogP contribution in [0.5, 0.6) is 5.75 Å². The molecule has 1 fully saturated rings. The molecule has 1 unspecified atom stereocenters. The summed E-state index contributed by atoms with van der Waals surface area (Å²) in [4.78, 5) is 39.8. The van der Waals surface area contributed by atoms with Crippen molar-refractivity contribution in [2.24, 2.45) is 0 Å².